The Hall–Kier alpha value is -2.83. The summed E-state index contributed by atoms with van der Waals surface area (Å²) < 4.78 is 11.1. The average Bonchev–Trinajstić information content (AvgIpc) is 2.72. The molecule has 11 heteroatoms. The fourth-order valence-corrected chi connectivity index (χ4v) is 5.65. The van der Waals surface area contributed by atoms with Crippen LogP contribution in [0.4, 0.5) is 0 Å². The van der Waals surface area contributed by atoms with Gasteiger partial charge in [-0.1, -0.05) is 0 Å². The summed E-state index contributed by atoms with van der Waals surface area (Å²) in [6.07, 6.45) is -8.22. The van der Waals surface area contributed by atoms with Crippen LogP contribution < -0.4 is 0 Å². The van der Waals surface area contributed by atoms with Gasteiger partial charge in [0.05, 0.1) is 48.1 Å². The van der Waals surface area contributed by atoms with Gasteiger partial charge in [-0.3, -0.25) is 14.4 Å². The highest BCUT2D eigenvalue weighted by Gasteiger charge is 2.60. The van der Waals surface area contributed by atoms with E-state index in [1.165, 1.54) is 13.8 Å². The molecule has 1 saturated heterocycles. The molecule has 6 rings (SSSR count). The van der Waals surface area contributed by atoms with E-state index in [4.69, 9.17) is 14.6 Å². The van der Waals surface area contributed by atoms with Crippen molar-refractivity contribution in [2.45, 2.75) is 68.9 Å². The van der Waals surface area contributed by atoms with E-state index >= 15 is 0 Å². The predicted molar refractivity (Wildman–Crippen MR) is 106 cm³/mol. The fraction of sp³-hybridized carbons (Fsp3) is 0.500. The average molecular weight is 462 g/mol. The molecule has 0 aromatic heterocycles. The zero-order valence-electron chi connectivity index (χ0n) is 17.6. The molecule has 3 heterocycles. The molecule has 11 nitrogen and oxygen atoms in total. The number of Topliss-reactive ketones (excluding diaryl/α,β-unsaturated/α-hetero) is 2. The lowest BCUT2D eigenvalue weighted by molar-refractivity contribution is -0.246. The quantitative estimate of drug-likeness (QED) is 0.319. The first-order valence-electron chi connectivity index (χ1n) is 10.5. The van der Waals surface area contributed by atoms with Crippen LogP contribution in [0.15, 0.2) is 11.1 Å². The summed E-state index contributed by atoms with van der Waals surface area (Å²) >= 11 is 0. The Kier molecular flexibility index (Phi) is 4.56. The normalized spacial score (nSPS) is 37.0. The van der Waals surface area contributed by atoms with Gasteiger partial charge in [0.15, 0.2) is 11.6 Å². The number of carboxylic acids is 1. The Labute approximate surface area is 186 Å². The lowest BCUT2D eigenvalue weighted by Crippen LogP contribution is -2.58. The first-order chi connectivity index (χ1) is 15.4. The van der Waals surface area contributed by atoms with Crippen LogP contribution in [0.2, 0.25) is 0 Å². The van der Waals surface area contributed by atoms with E-state index in [9.17, 15) is 39.9 Å². The maximum Gasteiger partial charge on any atom is 0.306 e. The summed E-state index contributed by atoms with van der Waals surface area (Å²) in [7, 11) is 0. The number of phenolic OH excluding ortho intramolecular Hbond substituents is 2. The smallest absolute Gasteiger partial charge is 0.306 e. The maximum atomic E-state index is 13.5. The SMILES string of the molecule is C[C@@H]1O[C@@H](CC(=O)O)[C@H](O)C2=C1C(=O)c1c(O)c3c(c(O)c1C2=O)[C@@H]1C[C@@H](O)[C@]3(O)[C@H](C)O1. The van der Waals surface area contributed by atoms with Crippen LogP contribution in [0.25, 0.3) is 0 Å². The number of hydrogen-bond acceptors (Lipinski definition) is 10. The minimum absolute atomic E-state index is 0.112. The monoisotopic (exact) mass is 462 g/mol. The van der Waals surface area contributed by atoms with E-state index in [1.807, 2.05) is 0 Å². The molecule has 1 aromatic rings. The van der Waals surface area contributed by atoms with Crippen molar-refractivity contribution in [2.24, 2.45) is 0 Å². The van der Waals surface area contributed by atoms with Gasteiger partial charge < -0.3 is 40.1 Å². The van der Waals surface area contributed by atoms with Crippen LogP contribution in [0.3, 0.4) is 0 Å². The number of fused-ring (bicyclic) bond motifs is 3. The molecule has 0 amide bonds. The molecule has 0 saturated carbocycles. The van der Waals surface area contributed by atoms with Gasteiger partial charge in [-0.05, 0) is 13.8 Å². The van der Waals surface area contributed by atoms with E-state index in [1.54, 1.807) is 0 Å². The van der Waals surface area contributed by atoms with Crippen LogP contribution in [0, 0.1) is 0 Å². The Balaban J connectivity index is 1.76. The van der Waals surface area contributed by atoms with Gasteiger partial charge in [0.2, 0.25) is 0 Å². The van der Waals surface area contributed by atoms with Crippen molar-refractivity contribution < 1.29 is 54.5 Å². The fourth-order valence-electron chi connectivity index (χ4n) is 5.65. The number of aliphatic carboxylic acids is 1. The maximum absolute atomic E-state index is 13.5. The second-order valence-electron chi connectivity index (χ2n) is 8.92. The van der Waals surface area contributed by atoms with Crippen LogP contribution >= 0.6 is 0 Å². The van der Waals surface area contributed by atoms with Crippen LogP contribution in [0.5, 0.6) is 11.5 Å². The minimum atomic E-state index is -2.14. The van der Waals surface area contributed by atoms with Gasteiger partial charge in [-0.15, -0.1) is 0 Å². The lowest BCUT2D eigenvalue weighted by Gasteiger charge is -2.52. The van der Waals surface area contributed by atoms with E-state index in [0.29, 0.717) is 0 Å². The number of aromatic hydroxyl groups is 2. The molecule has 0 spiro atoms. The highest BCUT2D eigenvalue weighted by Crippen LogP contribution is 2.59. The van der Waals surface area contributed by atoms with Gasteiger partial charge in [-0.2, -0.15) is 0 Å². The number of carbonyl (C=O) groups excluding carboxylic acids is 2. The van der Waals surface area contributed by atoms with Gasteiger partial charge in [-0.25, -0.2) is 0 Å². The van der Waals surface area contributed by atoms with Crippen LogP contribution in [-0.4, -0.2) is 78.7 Å². The van der Waals surface area contributed by atoms with Gasteiger partial charge >= 0.3 is 5.97 Å². The molecule has 3 aliphatic heterocycles. The van der Waals surface area contributed by atoms with Crippen molar-refractivity contribution >= 4 is 17.5 Å². The van der Waals surface area contributed by atoms with Gasteiger partial charge in [0.25, 0.3) is 0 Å². The summed E-state index contributed by atoms with van der Waals surface area (Å²) in [5.41, 5.74) is -4.34. The number of carbonyl (C=O) groups is 3. The van der Waals surface area contributed by atoms with Crippen molar-refractivity contribution in [1.29, 1.82) is 0 Å². The van der Waals surface area contributed by atoms with E-state index in [2.05, 4.69) is 0 Å². The summed E-state index contributed by atoms with van der Waals surface area (Å²) in [6, 6.07) is 0. The molecule has 2 aliphatic carbocycles. The van der Waals surface area contributed by atoms with Crippen molar-refractivity contribution in [2.75, 3.05) is 0 Å². The zero-order valence-corrected chi connectivity index (χ0v) is 17.6. The third-order valence-corrected chi connectivity index (χ3v) is 7.18. The minimum Gasteiger partial charge on any atom is -0.507 e. The third kappa shape index (κ3) is 2.59. The van der Waals surface area contributed by atoms with Gasteiger partial charge in [0, 0.05) is 28.7 Å². The first-order valence-corrected chi connectivity index (χ1v) is 10.5. The largest absolute Gasteiger partial charge is 0.507 e. The van der Waals surface area contributed by atoms with E-state index in [-0.39, 0.29) is 23.1 Å². The number of benzene rings is 1. The summed E-state index contributed by atoms with van der Waals surface area (Å²) in [5, 5.41) is 63.7. The molecule has 0 unspecified atom stereocenters. The molecule has 176 valence electrons. The molecule has 6 N–H and O–H groups in total. The van der Waals surface area contributed by atoms with Crippen molar-refractivity contribution in [3.63, 3.8) is 0 Å². The molecule has 5 aliphatic rings. The second-order valence-corrected chi connectivity index (χ2v) is 8.92. The molecule has 1 aromatic carbocycles. The molecular weight excluding hydrogens is 440 g/mol. The standard InChI is InChI=1S/C22H22O11/c1-5-11-13(17(26)8(32-5)4-10(24)25)20(29)14-15(18(11)27)21(30)16-12(19(14)28)7-3-9(23)22(16,31)6(2)33-7/h5-9,17,23,26,28,30-31H,3-4H2,1-2H3,(H,24,25)/t5-,6-,7-,8-,9+,17-,22+/m0/s1. The number of ether oxygens (including phenoxy) is 2. The number of phenols is 2. The summed E-state index contributed by atoms with van der Waals surface area (Å²) in [6.45, 7) is 2.87. The van der Waals surface area contributed by atoms with Crippen molar-refractivity contribution in [3.05, 3.63) is 33.4 Å². The molecule has 1 fully saturated rings. The van der Waals surface area contributed by atoms with Crippen LogP contribution in [0.1, 0.15) is 64.6 Å². The third-order valence-electron chi connectivity index (χ3n) is 7.18. The number of hydrogen-bond donors (Lipinski definition) is 6. The number of ketones is 2. The molecule has 7 atom stereocenters. The second kappa shape index (κ2) is 6.84. The highest BCUT2D eigenvalue weighted by atomic mass is 16.5. The van der Waals surface area contributed by atoms with E-state index < -0.39 is 94.4 Å². The summed E-state index contributed by atoms with van der Waals surface area (Å²) in [4.78, 5) is 38.1. The molecule has 33 heavy (non-hydrogen) atoms. The Morgan fingerprint density at radius 1 is 1.03 bits per heavy atom. The number of rotatable bonds is 2. The Morgan fingerprint density at radius 3 is 2.24 bits per heavy atom. The van der Waals surface area contributed by atoms with Gasteiger partial charge in [0.1, 0.15) is 23.2 Å². The first kappa shape index (κ1) is 22.0. The van der Waals surface area contributed by atoms with Crippen LogP contribution in [-0.2, 0) is 19.9 Å². The Bertz CT molecular complexity index is 1150. The topological polar surface area (TPSA) is 191 Å². The molecular formula is C22H22O11. The van der Waals surface area contributed by atoms with Crippen molar-refractivity contribution in [3.8, 4) is 11.5 Å². The van der Waals surface area contributed by atoms with Crippen molar-refractivity contribution in [1.82, 2.24) is 0 Å². The van der Waals surface area contributed by atoms with E-state index in [0.717, 1.165) is 0 Å². The Morgan fingerprint density at radius 2 is 1.64 bits per heavy atom. The molecule has 0 radical (unpaired) electrons. The predicted octanol–water partition coefficient (Wildman–Crippen LogP) is -0.192. The number of carboxylic acid groups (broad SMARTS) is 1. The number of aliphatic hydroxyl groups is 3. The zero-order chi connectivity index (χ0) is 24.1. The molecule has 2 bridgehead atoms. The summed E-state index contributed by atoms with van der Waals surface area (Å²) in [5.74, 6) is -4.63. The highest BCUT2D eigenvalue weighted by molar-refractivity contribution is 6.30. The number of aliphatic hydroxyl groups excluding tert-OH is 2. The lowest BCUT2D eigenvalue weighted by atomic mass is 9.66.